The number of benzene rings is 1. The lowest BCUT2D eigenvalue weighted by Gasteiger charge is -2.10. The summed E-state index contributed by atoms with van der Waals surface area (Å²) in [6.45, 7) is 9.04. The molecule has 0 fully saturated rings. The van der Waals surface area contributed by atoms with Gasteiger partial charge >= 0.3 is 0 Å². The number of carbonyl (C=O) groups excluding carboxylic acids is 1. The van der Waals surface area contributed by atoms with E-state index in [0.29, 0.717) is 16.3 Å². The molecule has 1 amide bonds. The van der Waals surface area contributed by atoms with E-state index in [-0.39, 0.29) is 11.2 Å². The van der Waals surface area contributed by atoms with Gasteiger partial charge in [0.25, 0.3) is 0 Å². The van der Waals surface area contributed by atoms with E-state index in [4.69, 9.17) is 16.9 Å². The minimum atomic E-state index is -0.342. The third kappa shape index (κ3) is 4.96. The van der Waals surface area contributed by atoms with Crippen molar-refractivity contribution < 1.29 is 4.79 Å². The van der Waals surface area contributed by atoms with Gasteiger partial charge < -0.3 is 5.32 Å². The number of hydrogen-bond donors (Lipinski definition) is 1. The van der Waals surface area contributed by atoms with E-state index < -0.39 is 0 Å². The van der Waals surface area contributed by atoms with Crippen LogP contribution in [0.15, 0.2) is 59.1 Å². The van der Waals surface area contributed by atoms with Gasteiger partial charge in [-0.05, 0) is 37.3 Å². The zero-order valence-electron chi connectivity index (χ0n) is 12.9. The lowest BCUT2D eigenvalue weighted by molar-refractivity contribution is -0.119. The van der Waals surface area contributed by atoms with Gasteiger partial charge in [0.15, 0.2) is 4.34 Å². The Morgan fingerprint density at radius 3 is 2.96 bits per heavy atom. The highest BCUT2D eigenvalue weighted by Crippen LogP contribution is 2.33. The molecule has 0 radical (unpaired) electrons. The van der Waals surface area contributed by atoms with Crippen molar-refractivity contribution in [3.63, 3.8) is 0 Å². The highest BCUT2D eigenvalue weighted by Gasteiger charge is 2.17. The summed E-state index contributed by atoms with van der Waals surface area (Å²) >= 11 is 8.84. The second kappa shape index (κ2) is 8.15. The Hall–Kier alpha value is -2.07. The highest BCUT2D eigenvalue weighted by molar-refractivity contribution is 8.02. The van der Waals surface area contributed by atoms with Crippen molar-refractivity contribution in [3.05, 3.63) is 59.8 Å². The molecule has 1 heterocycles. The molecular weight excluding hydrogens is 362 g/mol. The summed E-state index contributed by atoms with van der Waals surface area (Å²) in [7, 11) is 0. The maximum absolute atomic E-state index is 12.2. The number of carbonyl (C=O) groups is 1. The molecule has 0 saturated heterocycles. The molecule has 24 heavy (non-hydrogen) atoms. The van der Waals surface area contributed by atoms with Gasteiger partial charge in [-0.15, -0.1) is 11.3 Å². The number of thiazole rings is 1. The Bertz CT molecular complexity index is 880. The summed E-state index contributed by atoms with van der Waals surface area (Å²) < 4.78 is 1.82. The fourth-order valence-corrected chi connectivity index (χ4v) is 4.03. The summed E-state index contributed by atoms with van der Waals surface area (Å²) in [5.74, 6) is -0.186. The molecule has 1 N–H and O–H groups in total. The van der Waals surface area contributed by atoms with Gasteiger partial charge in [0.05, 0.1) is 21.5 Å². The number of nitrogens with zero attached hydrogens (tertiary/aromatic N) is 2. The van der Waals surface area contributed by atoms with Crippen LogP contribution in [-0.4, -0.2) is 16.1 Å². The molecule has 1 aromatic carbocycles. The van der Waals surface area contributed by atoms with Crippen LogP contribution in [-0.2, 0) is 4.79 Å². The van der Waals surface area contributed by atoms with Gasteiger partial charge in [0.1, 0.15) is 0 Å². The standard InChI is InChI=1S/C17H14ClN3OS2/c1-10(9-19)4-5-11(2)20-16(22)12(3)23-17-21-14-8-13(18)6-7-15(14)24-17/h4-8,12H,1-2H2,3H3,(H,20,22)/b5-4-. The van der Waals surface area contributed by atoms with E-state index >= 15 is 0 Å². The molecule has 0 bridgehead atoms. The minimum absolute atomic E-state index is 0.186. The Balaban J connectivity index is 1.97. The minimum Gasteiger partial charge on any atom is -0.326 e. The zero-order chi connectivity index (χ0) is 17.7. The first-order valence-corrected chi connectivity index (χ1v) is 8.96. The first-order valence-electron chi connectivity index (χ1n) is 6.88. The summed E-state index contributed by atoms with van der Waals surface area (Å²) in [4.78, 5) is 16.7. The van der Waals surface area contributed by atoms with E-state index in [1.807, 2.05) is 18.2 Å². The van der Waals surface area contributed by atoms with Gasteiger partial charge in [-0.2, -0.15) is 5.26 Å². The molecule has 1 unspecified atom stereocenters. The van der Waals surface area contributed by atoms with Crippen molar-refractivity contribution in [2.75, 3.05) is 0 Å². The molecule has 2 aromatic rings. The lowest BCUT2D eigenvalue weighted by Crippen LogP contribution is -2.29. The third-order valence-corrected chi connectivity index (χ3v) is 5.36. The number of amides is 1. The fraction of sp³-hybridized carbons (Fsp3) is 0.118. The molecule has 2 rings (SSSR count). The first-order chi connectivity index (χ1) is 11.4. The number of fused-ring (bicyclic) bond motifs is 1. The van der Waals surface area contributed by atoms with Crippen LogP contribution in [0.2, 0.25) is 5.02 Å². The van der Waals surface area contributed by atoms with Crippen molar-refractivity contribution in [3.8, 4) is 6.07 Å². The van der Waals surface area contributed by atoms with E-state index in [0.717, 1.165) is 14.6 Å². The molecule has 1 aromatic heterocycles. The van der Waals surface area contributed by atoms with Crippen LogP contribution >= 0.6 is 34.7 Å². The normalized spacial score (nSPS) is 12.0. The Labute approximate surface area is 153 Å². The largest absolute Gasteiger partial charge is 0.326 e. The number of aromatic nitrogens is 1. The number of thioether (sulfide) groups is 1. The van der Waals surface area contributed by atoms with Crippen molar-refractivity contribution in [2.45, 2.75) is 16.5 Å². The topological polar surface area (TPSA) is 65.8 Å². The summed E-state index contributed by atoms with van der Waals surface area (Å²) in [5.41, 5.74) is 1.52. The molecule has 0 spiro atoms. The average Bonchev–Trinajstić information content (AvgIpc) is 2.93. The number of halogens is 1. The molecule has 4 nitrogen and oxygen atoms in total. The molecule has 0 aliphatic heterocycles. The third-order valence-electron chi connectivity index (χ3n) is 2.89. The van der Waals surface area contributed by atoms with Crippen LogP contribution in [0, 0.1) is 11.3 Å². The smallest absolute Gasteiger partial charge is 0.237 e. The summed E-state index contributed by atoms with van der Waals surface area (Å²) in [6, 6.07) is 7.43. The van der Waals surface area contributed by atoms with E-state index in [1.165, 1.54) is 29.2 Å². The molecule has 1 atom stereocenters. The summed E-state index contributed by atoms with van der Waals surface area (Å²) in [6.07, 6.45) is 3.04. The van der Waals surface area contributed by atoms with Crippen LogP contribution in [0.3, 0.4) is 0 Å². The molecule has 7 heteroatoms. The fourth-order valence-electron chi connectivity index (χ4n) is 1.67. The molecule has 122 valence electrons. The number of hydrogen-bond acceptors (Lipinski definition) is 5. The van der Waals surface area contributed by atoms with Crippen LogP contribution in [0.5, 0.6) is 0 Å². The second-order valence-electron chi connectivity index (χ2n) is 4.84. The monoisotopic (exact) mass is 375 g/mol. The van der Waals surface area contributed by atoms with E-state index in [1.54, 1.807) is 19.1 Å². The van der Waals surface area contributed by atoms with Gasteiger partial charge in [-0.1, -0.05) is 36.5 Å². The number of nitriles is 1. The maximum Gasteiger partial charge on any atom is 0.237 e. The van der Waals surface area contributed by atoms with Crippen LogP contribution in [0.1, 0.15) is 6.92 Å². The summed E-state index contributed by atoms with van der Waals surface area (Å²) in [5, 5.41) is 11.6. The predicted molar refractivity (Wildman–Crippen MR) is 101 cm³/mol. The predicted octanol–water partition coefficient (Wildman–Crippen LogP) is 4.70. The van der Waals surface area contributed by atoms with Crippen molar-refractivity contribution in [1.29, 1.82) is 5.26 Å². The number of rotatable bonds is 6. The van der Waals surface area contributed by atoms with Gasteiger partial charge in [-0.3, -0.25) is 4.79 Å². The van der Waals surface area contributed by atoms with Gasteiger partial charge in [0.2, 0.25) is 5.91 Å². The lowest BCUT2D eigenvalue weighted by atomic mass is 10.3. The van der Waals surface area contributed by atoms with Crippen LogP contribution < -0.4 is 5.32 Å². The van der Waals surface area contributed by atoms with Crippen LogP contribution in [0.25, 0.3) is 10.2 Å². The van der Waals surface area contributed by atoms with E-state index in [2.05, 4.69) is 23.5 Å². The van der Waals surface area contributed by atoms with Crippen LogP contribution in [0.4, 0.5) is 0 Å². The Kier molecular flexibility index (Phi) is 6.21. The Morgan fingerprint density at radius 1 is 1.50 bits per heavy atom. The van der Waals surface area contributed by atoms with Gasteiger partial charge in [-0.25, -0.2) is 4.98 Å². The Morgan fingerprint density at radius 2 is 2.25 bits per heavy atom. The first kappa shape index (κ1) is 18.3. The molecule has 0 aliphatic carbocycles. The average molecular weight is 376 g/mol. The molecule has 0 aliphatic rings. The quantitative estimate of drug-likeness (QED) is 0.451. The molecular formula is C17H14ClN3OS2. The van der Waals surface area contributed by atoms with Crippen molar-refractivity contribution in [1.82, 2.24) is 10.3 Å². The maximum atomic E-state index is 12.2. The SMILES string of the molecule is C=C(C#N)/C=C\C(=C)NC(=O)C(C)Sc1nc2cc(Cl)ccc2s1. The van der Waals surface area contributed by atoms with Crippen molar-refractivity contribution in [2.24, 2.45) is 0 Å². The molecule has 0 saturated carbocycles. The number of allylic oxidation sites excluding steroid dienone is 3. The van der Waals surface area contributed by atoms with Gasteiger partial charge in [0, 0.05) is 16.3 Å². The van der Waals surface area contributed by atoms with E-state index in [9.17, 15) is 4.79 Å². The van der Waals surface area contributed by atoms with Crippen molar-refractivity contribution >= 4 is 50.8 Å². The zero-order valence-corrected chi connectivity index (χ0v) is 15.3. The highest BCUT2D eigenvalue weighted by atomic mass is 35.5. The number of nitrogens with one attached hydrogen (secondary N) is 1. The second-order valence-corrected chi connectivity index (χ2v) is 7.89.